The van der Waals surface area contributed by atoms with Crippen LogP contribution >= 0.6 is 0 Å². The van der Waals surface area contributed by atoms with Gasteiger partial charge in [0.15, 0.2) is 5.82 Å². The quantitative estimate of drug-likeness (QED) is 0.488. The van der Waals surface area contributed by atoms with Crippen LogP contribution in [0.4, 0.5) is 10.6 Å². The number of nitrogens with two attached hydrogens (primary N) is 1. The minimum atomic E-state index is -1.13. The lowest BCUT2D eigenvalue weighted by Gasteiger charge is -2.27. The molecule has 0 radical (unpaired) electrons. The number of nitrogen functional groups attached to an aromatic ring is 1. The fourth-order valence-electron chi connectivity index (χ4n) is 3.55. The molecule has 0 atom stereocenters. The summed E-state index contributed by atoms with van der Waals surface area (Å²) in [4.78, 5) is 24.8. The van der Waals surface area contributed by atoms with E-state index in [9.17, 15) is 9.59 Å². The molecule has 0 spiro atoms. The van der Waals surface area contributed by atoms with Crippen LogP contribution in [0.15, 0.2) is 42.5 Å². The van der Waals surface area contributed by atoms with Crippen molar-refractivity contribution in [1.29, 1.82) is 0 Å². The van der Waals surface area contributed by atoms with Crippen LogP contribution in [0.3, 0.4) is 0 Å². The highest BCUT2D eigenvalue weighted by Crippen LogP contribution is 2.30. The maximum atomic E-state index is 12.7. The Hall–Kier alpha value is -3.75. The second-order valence-electron chi connectivity index (χ2n) is 9.65. The zero-order chi connectivity index (χ0) is 25.1. The third-order valence-electron chi connectivity index (χ3n) is 5.14. The molecule has 0 aliphatic heterocycles. The summed E-state index contributed by atoms with van der Waals surface area (Å²) in [5, 5.41) is 10.8. The number of nitrogens with one attached hydrogen (secondary N) is 2. The number of hydrogen-bond acceptors (Lipinski definition) is 6. The van der Waals surface area contributed by atoms with Gasteiger partial charge >= 0.3 is 6.09 Å². The Balaban J connectivity index is 1.67. The molecule has 0 bridgehead atoms. The van der Waals surface area contributed by atoms with Gasteiger partial charge in [-0.25, -0.2) is 4.79 Å². The second kappa shape index (κ2) is 9.62. The molecule has 3 aromatic rings. The molecule has 0 unspecified atom stereocenters. The first-order valence-corrected chi connectivity index (χ1v) is 11.1. The Morgan fingerprint density at radius 1 is 1.06 bits per heavy atom. The van der Waals surface area contributed by atoms with Crippen molar-refractivity contribution in [1.82, 2.24) is 20.4 Å². The molecule has 2 amide bonds. The maximum Gasteiger partial charge on any atom is 0.408 e. The van der Waals surface area contributed by atoms with E-state index in [2.05, 4.69) is 15.7 Å². The van der Waals surface area contributed by atoms with Gasteiger partial charge in [0.1, 0.15) is 16.9 Å². The van der Waals surface area contributed by atoms with Crippen LogP contribution in [-0.4, -0.2) is 40.0 Å². The zero-order valence-electron chi connectivity index (χ0n) is 20.6. The third-order valence-corrected chi connectivity index (χ3v) is 5.14. The second-order valence-corrected chi connectivity index (χ2v) is 9.65. The number of methoxy groups -OCH3 is 1. The van der Waals surface area contributed by atoms with Gasteiger partial charge in [-0.05, 0) is 57.9 Å². The SMILES string of the molecule is COc1cccc2c1c(N)nn2Cc1cccc(CNC(=O)C(C)(C)NC(=O)OC(C)(C)C)c1. The number of ether oxygens (including phenoxy) is 2. The minimum Gasteiger partial charge on any atom is -0.496 e. The monoisotopic (exact) mass is 467 g/mol. The van der Waals surface area contributed by atoms with Crippen molar-refractivity contribution in [2.75, 3.05) is 12.8 Å². The molecule has 0 fully saturated rings. The number of alkyl carbamates (subject to hydrolysis) is 1. The van der Waals surface area contributed by atoms with Crippen LogP contribution in [0.5, 0.6) is 5.75 Å². The Kier molecular flexibility index (Phi) is 7.04. The van der Waals surface area contributed by atoms with Gasteiger partial charge < -0.3 is 25.8 Å². The molecule has 3 rings (SSSR count). The number of fused-ring (bicyclic) bond motifs is 1. The average molecular weight is 468 g/mol. The summed E-state index contributed by atoms with van der Waals surface area (Å²) in [5.41, 5.74) is 7.15. The number of aromatic nitrogens is 2. The Morgan fingerprint density at radius 3 is 2.41 bits per heavy atom. The van der Waals surface area contributed by atoms with E-state index >= 15 is 0 Å². The standard InChI is InChI=1S/C25H33N5O4/c1-24(2,3)34-23(32)28-25(4,5)22(31)27-14-16-9-7-10-17(13-16)15-30-18-11-8-12-19(33-6)20(18)21(26)29-30/h7-13H,14-15H2,1-6H3,(H2,26,29)(H,27,31)(H,28,32). The molecule has 4 N–H and O–H groups in total. The van der Waals surface area contributed by atoms with Gasteiger partial charge in [0.2, 0.25) is 5.91 Å². The molecule has 0 aliphatic carbocycles. The number of nitrogens with zero attached hydrogens (tertiary/aromatic N) is 2. The molecule has 1 aromatic heterocycles. The van der Waals surface area contributed by atoms with Crippen LogP contribution in [0.2, 0.25) is 0 Å². The van der Waals surface area contributed by atoms with Crippen LogP contribution in [0.25, 0.3) is 10.9 Å². The first kappa shape index (κ1) is 24.9. The Bertz CT molecular complexity index is 1190. The lowest BCUT2D eigenvalue weighted by Crippen LogP contribution is -2.55. The smallest absolute Gasteiger partial charge is 0.408 e. The molecular weight excluding hydrogens is 434 g/mol. The fourth-order valence-corrected chi connectivity index (χ4v) is 3.55. The molecule has 0 saturated carbocycles. The number of amides is 2. The van der Waals surface area contributed by atoms with Crippen molar-refractivity contribution < 1.29 is 19.1 Å². The molecule has 2 aromatic carbocycles. The summed E-state index contributed by atoms with van der Waals surface area (Å²) in [6, 6.07) is 13.5. The first-order chi connectivity index (χ1) is 15.9. The van der Waals surface area contributed by atoms with Crippen molar-refractivity contribution in [3.8, 4) is 5.75 Å². The molecule has 0 saturated heterocycles. The highest BCUT2D eigenvalue weighted by Gasteiger charge is 2.31. The summed E-state index contributed by atoms with van der Waals surface area (Å²) in [5.74, 6) is 0.776. The van der Waals surface area contributed by atoms with Crippen molar-refractivity contribution in [3.63, 3.8) is 0 Å². The van der Waals surface area contributed by atoms with Gasteiger partial charge in [0.25, 0.3) is 0 Å². The van der Waals surface area contributed by atoms with Crippen molar-refractivity contribution >= 4 is 28.7 Å². The van der Waals surface area contributed by atoms with Crippen LogP contribution in [-0.2, 0) is 22.6 Å². The van der Waals surface area contributed by atoms with E-state index < -0.39 is 17.2 Å². The Morgan fingerprint density at radius 2 is 1.74 bits per heavy atom. The minimum absolute atomic E-state index is 0.307. The average Bonchev–Trinajstić information content (AvgIpc) is 3.06. The summed E-state index contributed by atoms with van der Waals surface area (Å²) in [7, 11) is 1.60. The van der Waals surface area contributed by atoms with Gasteiger partial charge in [0.05, 0.1) is 24.6 Å². The molecule has 182 valence electrons. The van der Waals surface area contributed by atoms with Crippen LogP contribution < -0.4 is 21.1 Å². The molecular formula is C25H33N5O4. The Labute approximate surface area is 199 Å². The zero-order valence-corrected chi connectivity index (χ0v) is 20.6. The summed E-state index contributed by atoms with van der Waals surface area (Å²) >= 11 is 0. The number of carbonyl (C=O) groups excluding carboxylic acids is 2. The van der Waals surface area contributed by atoms with Gasteiger partial charge in [-0.2, -0.15) is 5.10 Å². The summed E-state index contributed by atoms with van der Waals surface area (Å²) in [6.45, 7) is 9.38. The number of rotatable bonds is 7. The number of carbonyl (C=O) groups is 2. The van der Waals surface area contributed by atoms with Gasteiger partial charge in [-0.15, -0.1) is 0 Å². The van der Waals surface area contributed by atoms with E-state index in [4.69, 9.17) is 15.2 Å². The summed E-state index contributed by atoms with van der Waals surface area (Å²) < 4.78 is 12.5. The summed E-state index contributed by atoms with van der Waals surface area (Å²) in [6.07, 6.45) is -0.642. The molecule has 1 heterocycles. The van der Waals surface area contributed by atoms with Crippen molar-refractivity contribution in [2.24, 2.45) is 0 Å². The number of benzene rings is 2. The topological polar surface area (TPSA) is 120 Å². The highest BCUT2D eigenvalue weighted by atomic mass is 16.6. The van der Waals surface area contributed by atoms with E-state index in [1.54, 1.807) is 41.7 Å². The predicted octanol–water partition coefficient (Wildman–Crippen LogP) is 3.59. The molecule has 34 heavy (non-hydrogen) atoms. The van der Waals surface area contributed by atoms with E-state index in [-0.39, 0.29) is 5.91 Å². The van der Waals surface area contributed by atoms with Crippen LogP contribution in [0, 0.1) is 0 Å². The van der Waals surface area contributed by atoms with E-state index in [0.29, 0.717) is 24.7 Å². The van der Waals surface area contributed by atoms with Crippen LogP contribution in [0.1, 0.15) is 45.7 Å². The fraction of sp³-hybridized carbons (Fsp3) is 0.400. The van der Waals surface area contributed by atoms with Gasteiger partial charge in [0, 0.05) is 6.54 Å². The first-order valence-electron chi connectivity index (χ1n) is 11.1. The third kappa shape index (κ3) is 5.98. The van der Waals surface area contributed by atoms with E-state index in [1.165, 1.54) is 0 Å². The normalized spacial score (nSPS) is 11.8. The number of anilines is 1. The predicted molar refractivity (Wildman–Crippen MR) is 132 cm³/mol. The van der Waals surface area contributed by atoms with E-state index in [1.807, 2.05) is 47.1 Å². The largest absolute Gasteiger partial charge is 0.496 e. The molecule has 0 aliphatic rings. The van der Waals surface area contributed by atoms with Crippen molar-refractivity contribution in [3.05, 3.63) is 53.6 Å². The van der Waals surface area contributed by atoms with Crippen molar-refractivity contribution in [2.45, 2.75) is 58.8 Å². The molecule has 9 heteroatoms. The van der Waals surface area contributed by atoms with E-state index in [0.717, 1.165) is 22.0 Å². The maximum absolute atomic E-state index is 12.7. The highest BCUT2D eigenvalue weighted by molar-refractivity contribution is 5.94. The van der Waals surface area contributed by atoms with Gasteiger partial charge in [-0.1, -0.05) is 30.3 Å². The molecule has 9 nitrogen and oxygen atoms in total. The number of hydrogen-bond donors (Lipinski definition) is 3. The lowest BCUT2D eigenvalue weighted by molar-refractivity contribution is -0.126. The van der Waals surface area contributed by atoms with Gasteiger partial charge in [-0.3, -0.25) is 9.48 Å². The lowest BCUT2D eigenvalue weighted by atomic mass is 10.0.